The molecule has 0 radical (unpaired) electrons. The minimum atomic E-state index is -3.39. The summed E-state index contributed by atoms with van der Waals surface area (Å²) in [5.41, 5.74) is 0. The molecule has 6 heteroatoms. The van der Waals surface area contributed by atoms with E-state index >= 15 is 0 Å². The van der Waals surface area contributed by atoms with Crippen molar-refractivity contribution in [3.8, 4) is 0 Å². The fourth-order valence-corrected chi connectivity index (χ4v) is 2.18. The molecule has 1 amide bonds. The molecule has 0 aromatic heterocycles. The molecule has 0 saturated carbocycles. The summed E-state index contributed by atoms with van der Waals surface area (Å²) < 4.78 is 21.8. The molecule has 1 atom stereocenters. The van der Waals surface area contributed by atoms with Gasteiger partial charge in [0.15, 0.2) is 9.84 Å². The van der Waals surface area contributed by atoms with E-state index < -0.39 is 14.6 Å². The molecule has 0 aromatic rings. The second kappa shape index (κ2) is 4.33. The lowest BCUT2D eigenvalue weighted by Gasteiger charge is -2.31. The van der Waals surface area contributed by atoms with Crippen LogP contribution in [0.1, 0.15) is 20.3 Å². The van der Waals surface area contributed by atoms with Crippen molar-refractivity contribution in [1.29, 1.82) is 0 Å². The highest BCUT2D eigenvalue weighted by molar-refractivity contribution is 7.92. The van der Waals surface area contributed by atoms with Gasteiger partial charge in [0.2, 0.25) is 5.91 Å². The molecule has 1 fully saturated rings. The molecule has 1 N–H and O–H groups in total. The van der Waals surface area contributed by atoms with Gasteiger partial charge < -0.3 is 10.2 Å². The highest BCUT2D eigenvalue weighted by atomic mass is 32.2. The molecule has 1 rings (SSSR count). The van der Waals surface area contributed by atoms with Gasteiger partial charge in [-0.3, -0.25) is 4.79 Å². The highest BCUT2D eigenvalue weighted by Gasteiger charge is 2.42. The van der Waals surface area contributed by atoms with E-state index in [4.69, 9.17) is 0 Å². The van der Waals surface area contributed by atoms with Crippen molar-refractivity contribution in [3.05, 3.63) is 0 Å². The van der Waals surface area contributed by atoms with Crippen LogP contribution < -0.4 is 5.32 Å². The molecule has 0 aliphatic carbocycles. The Kier molecular flexibility index (Phi) is 3.64. The second-order valence-electron chi connectivity index (χ2n) is 4.85. The van der Waals surface area contributed by atoms with Gasteiger partial charge in [-0.05, 0) is 26.8 Å². The van der Waals surface area contributed by atoms with E-state index in [1.54, 1.807) is 11.9 Å². The van der Waals surface area contributed by atoms with Crippen molar-refractivity contribution in [2.75, 3.05) is 26.4 Å². The number of nitrogens with zero attached hydrogens (tertiary/aromatic N) is 1. The van der Waals surface area contributed by atoms with E-state index in [0.29, 0.717) is 0 Å². The van der Waals surface area contributed by atoms with Crippen molar-refractivity contribution in [2.24, 2.45) is 0 Å². The summed E-state index contributed by atoms with van der Waals surface area (Å²) in [5.74, 6) is -0.330. The Morgan fingerprint density at radius 3 is 2.38 bits per heavy atom. The predicted molar refractivity (Wildman–Crippen MR) is 63.0 cm³/mol. The fourth-order valence-electron chi connectivity index (χ4n) is 1.72. The lowest BCUT2D eigenvalue weighted by atomic mass is 10.1. The number of carbonyl (C=O) groups excluding carboxylic acids is 1. The Hall–Kier alpha value is -0.620. The molecule has 1 saturated heterocycles. The van der Waals surface area contributed by atoms with Gasteiger partial charge >= 0.3 is 0 Å². The maximum absolute atomic E-state index is 12.1. The Morgan fingerprint density at radius 1 is 1.44 bits per heavy atom. The molecular formula is C10H20N2O3S. The molecule has 5 nitrogen and oxygen atoms in total. The third kappa shape index (κ3) is 2.38. The van der Waals surface area contributed by atoms with Crippen LogP contribution in [0.4, 0.5) is 0 Å². The van der Waals surface area contributed by atoms with Gasteiger partial charge in [0.25, 0.3) is 0 Å². The number of hydrogen-bond acceptors (Lipinski definition) is 4. The van der Waals surface area contributed by atoms with Crippen LogP contribution in [0.3, 0.4) is 0 Å². The van der Waals surface area contributed by atoms with Crippen LogP contribution in [-0.4, -0.2) is 56.4 Å². The van der Waals surface area contributed by atoms with Gasteiger partial charge in [-0.1, -0.05) is 0 Å². The van der Waals surface area contributed by atoms with E-state index in [-0.39, 0.29) is 11.9 Å². The first-order valence-corrected chi connectivity index (χ1v) is 7.24. The van der Waals surface area contributed by atoms with Crippen LogP contribution in [-0.2, 0) is 14.6 Å². The second-order valence-corrected chi connectivity index (χ2v) is 7.41. The summed E-state index contributed by atoms with van der Waals surface area (Å²) in [5, 5.41) is 3.15. The maximum atomic E-state index is 12.1. The highest BCUT2D eigenvalue weighted by Crippen LogP contribution is 2.20. The standard InChI is InChI=1S/C10H20N2O3S/c1-10(2,16(4,14)15)9(13)12(3)8-5-6-11-7-8/h8,11H,5-7H2,1-4H3. The molecule has 0 spiro atoms. The zero-order valence-corrected chi connectivity index (χ0v) is 11.1. The minimum Gasteiger partial charge on any atom is -0.340 e. The molecule has 1 aliphatic heterocycles. The number of sulfone groups is 1. The average molecular weight is 248 g/mol. The summed E-state index contributed by atoms with van der Waals surface area (Å²) >= 11 is 0. The first-order chi connectivity index (χ1) is 7.18. The van der Waals surface area contributed by atoms with Gasteiger partial charge in [0, 0.05) is 25.9 Å². The Balaban J connectivity index is 2.85. The normalized spacial score (nSPS) is 22.1. The van der Waals surface area contributed by atoms with Gasteiger partial charge in [0.1, 0.15) is 4.75 Å². The van der Waals surface area contributed by atoms with E-state index in [1.807, 2.05) is 0 Å². The number of hydrogen-bond donors (Lipinski definition) is 1. The van der Waals surface area contributed by atoms with Crippen molar-refractivity contribution < 1.29 is 13.2 Å². The summed E-state index contributed by atoms with van der Waals surface area (Å²) in [4.78, 5) is 13.7. The smallest absolute Gasteiger partial charge is 0.243 e. The molecule has 1 aliphatic rings. The van der Waals surface area contributed by atoms with Crippen LogP contribution in [0.25, 0.3) is 0 Å². The van der Waals surface area contributed by atoms with Crippen LogP contribution in [0.2, 0.25) is 0 Å². The van der Waals surface area contributed by atoms with Crippen LogP contribution in [0.15, 0.2) is 0 Å². The van der Waals surface area contributed by atoms with Crippen molar-refractivity contribution in [2.45, 2.75) is 31.1 Å². The molecule has 0 bridgehead atoms. The van der Waals surface area contributed by atoms with Gasteiger partial charge in [-0.25, -0.2) is 8.42 Å². The Bertz CT molecular complexity index is 370. The Morgan fingerprint density at radius 2 is 2.00 bits per heavy atom. The molecule has 0 aromatic carbocycles. The van der Waals surface area contributed by atoms with Crippen LogP contribution in [0, 0.1) is 0 Å². The summed E-state index contributed by atoms with van der Waals surface area (Å²) in [6, 6.07) is 0.105. The molecule has 16 heavy (non-hydrogen) atoms. The van der Waals surface area contributed by atoms with Crippen LogP contribution >= 0.6 is 0 Å². The zero-order valence-electron chi connectivity index (χ0n) is 10.3. The first kappa shape index (κ1) is 13.4. The van der Waals surface area contributed by atoms with Gasteiger partial charge in [0.05, 0.1) is 0 Å². The van der Waals surface area contributed by atoms with E-state index in [9.17, 15) is 13.2 Å². The van der Waals surface area contributed by atoms with Gasteiger partial charge in [-0.15, -0.1) is 0 Å². The largest absolute Gasteiger partial charge is 0.340 e. The predicted octanol–water partition coefficient (Wildman–Crippen LogP) is -0.370. The monoisotopic (exact) mass is 248 g/mol. The maximum Gasteiger partial charge on any atom is 0.243 e. The molecular weight excluding hydrogens is 228 g/mol. The fraction of sp³-hybridized carbons (Fsp3) is 0.900. The third-order valence-electron chi connectivity index (χ3n) is 3.34. The number of amides is 1. The van der Waals surface area contributed by atoms with Crippen LogP contribution in [0.5, 0.6) is 0 Å². The summed E-state index contributed by atoms with van der Waals surface area (Å²) in [6.45, 7) is 4.54. The number of likely N-dealkylation sites (N-methyl/N-ethyl adjacent to an activating group) is 1. The number of carbonyl (C=O) groups is 1. The minimum absolute atomic E-state index is 0.105. The summed E-state index contributed by atoms with van der Waals surface area (Å²) in [7, 11) is -1.71. The topological polar surface area (TPSA) is 66.5 Å². The lowest BCUT2D eigenvalue weighted by Crippen LogP contribution is -2.52. The number of nitrogens with one attached hydrogen (secondary N) is 1. The van der Waals surface area contributed by atoms with E-state index in [2.05, 4.69) is 5.32 Å². The molecule has 1 heterocycles. The quantitative estimate of drug-likeness (QED) is 0.740. The SMILES string of the molecule is CN(C(=O)C(C)(C)S(C)(=O)=O)C1CCNC1. The van der Waals surface area contributed by atoms with E-state index in [0.717, 1.165) is 25.8 Å². The lowest BCUT2D eigenvalue weighted by molar-refractivity contribution is -0.133. The van der Waals surface area contributed by atoms with E-state index in [1.165, 1.54) is 13.8 Å². The Labute approximate surface area is 97.1 Å². The molecule has 94 valence electrons. The van der Waals surface area contributed by atoms with Crippen molar-refractivity contribution in [1.82, 2.24) is 10.2 Å². The van der Waals surface area contributed by atoms with Crippen molar-refractivity contribution >= 4 is 15.7 Å². The first-order valence-electron chi connectivity index (χ1n) is 5.35. The third-order valence-corrected chi connectivity index (χ3v) is 5.37. The average Bonchev–Trinajstić information content (AvgIpc) is 2.66. The summed E-state index contributed by atoms with van der Waals surface area (Å²) in [6.07, 6.45) is 1.98. The van der Waals surface area contributed by atoms with Gasteiger partial charge in [-0.2, -0.15) is 0 Å². The number of rotatable bonds is 3. The zero-order chi connectivity index (χ0) is 12.6. The molecule has 1 unspecified atom stereocenters. The van der Waals surface area contributed by atoms with Crippen molar-refractivity contribution in [3.63, 3.8) is 0 Å².